The van der Waals surface area contributed by atoms with E-state index in [1.54, 1.807) is 0 Å². The van der Waals surface area contributed by atoms with Gasteiger partial charge in [-0.3, -0.25) is 0 Å². The lowest BCUT2D eigenvalue weighted by Crippen LogP contribution is -2.01. The lowest BCUT2D eigenvalue weighted by molar-refractivity contribution is 0.780. The van der Waals surface area contributed by atoms with Gasteiger partial charge in [-0.05, 0) is 18.4 Å². The maximum Gasteiger partial charge on any atom is 0.139 e. The number of aromatic nitrogens is 2. The van der Waals surface area contributed by atoms with Gasteiger partial charge in [-0.25, -0.2) is 4.98 Å². The minimum absolute atomic E-state index is 0.775. The van der Waals surface area contributed by atoms with E-state index < -0.39 is 0 Å². The summed E-state index contributed by atoms with van der Waals surface area (Å²) in [5.74, 6) is 2.08. The van der Waals surface area contributed by atoms with Crippen molar-refractivity contribution in [3.05, 3.63) is 36.7 Å². The van der Waals surface area contributed by atoms with Crippen LogP contribution in [0.4, 0.5) is 5.69 Å². The molecule has 1 heterocycles. The fourth-order valence-corrected chi connectivity index (χ4v) is 2.00. The average Bonchev–Trinajstić information content (AvgIpc) is 2.74. The van der Waals surface area contributed by atoms with Gasteiger partial charge in [-0.2, -0.15) is 11.8 Å². The topological polar surface area (TPSA) is 43.8 Å². The van der Waals surface area contributed by atoms with E-state index in [-0.39, 0.29) is 0 Å². The number of benzene rings is 1. The van der Waals surface area contributed by atoms with Crippen LogP contribution in [0.3, 0.4) is 0 Å². The first-order valence-electron chi connectivity index (χ1n) is 5.17. The van der Waals surface area contributed by atoms with Crippen LogP contribution >= 0.6 is 11.8 Å². The number of nitrogen functional groups attached to an aromatic ring is 1. The van der Waals surface area contributed by atoms with Crippen molar-refractivity contribution in [1.82, 2.24) is 9.55 Å². The lowest BCUT2D eigenvalue weighted by Gasteiger charge is -2.07. The van der Waals surface area contributed by atoms with E-state index in [9.17, 15) is 0 Å². The molecule has 1 aromatic heterocycles. The van der Waals surface area contributed by atoms with Gasteiger partial charge >= 0.3 is 0 Å². The van der Waals surface area contributed by atoms with Gasteiger partial charge in [0.05, 0.1) is 0 Å². The molecule has 0 aliphatic heterocycles. The summed E-state index contributed by atoms with van der Waals surface area (Å²) in [4.78, 5) is 4.38. The molecule has 2 aromatic rings. The molecule has 0 saturated carbocycles. The summed E-state index contributed by atoms with van der Waals surface area (Å²) in [6.45, 7) is 0.977. The van der Waals surface area contributed by atoms with Gasteiger partial charge in [0.1, 0.15) is 5.82 Å². The van der Waals surface area contributed by atoms with Crippen LogP contribution < -0.4 is 5.73 Å². The quantitative estimate of drug-likeness (QED) is 0.825. The highest BCUT2D eigenvalue weighted by molar-refractivity contribution is 7.98. The molecule has 0 amide bonds. The number of thioether (sulfide) groups is 1. The number of aryl methyl sites for hydroxylation is 1. The van der Waals surface area contributed by atoms with E-state index in [1.807, 2.05) is 48.4 Å². The summed E-state index contributed by atoms with van der Waals surface area (Å²) in [5.41, 5.74) is 7.62. The molecule has 1 aromatic carbocycles. The van der Waals surface area contributed by atoms with Crippen molar-refractivity contribution in [2.45, 2.75) is 6.54 Å². The largest absolute Gasteiger partial charge is 0.399 e. The molecule has 0 radical (unpaired) electrons. The van der Waals surface area contributed by atoms with Gasteiger partial charge < -0.3 is 10.3 Å². The van der Waals surface area contributed by atoms with Crippen LogP contribution in [0.15, 0.2) is 36.7 Å². The van der Waals surface area contributed by atoms with E-state index in [4.69, 9.17) is 5.73 Å². The molecule has 0 unspecified atom stereocenters. The molecule has 4 heteroatoms. The third kappa shape index (κ3) is 2.39. The number of nitrogens with zero attached hydrogens (tertiary/aromatic N) is 2. The zero-order valence-corrected chi connectivity index (χ0v) is 10.1. The molecular formula is C12H15N3S. The van der Waals surface area contributed by atoms with E-state index in [2.05, 4.69) is 15.8 Å². The predicted octanol–water partition coefficient (Wildman–Crippen LogP) is 2.50. The molecule has 0 aliphatic carbocycles. The number of hydrogen-bond donors (Lipinski definition) is 1. The van der Waals surface area contributed by atoms with Crippen molar-refractivity contribution in [3.8, 4) is 11.4 Å². The van der Waals surface area contributed by atoms with Crippen molar-refractivity contribution < 1.29 is 0 Å². The second-order valence-corrected chi connectivity index (χ2v) is 4.55. The Hall–Kier alpha value is -1.42. The van der Waals surface area contributed by atoms with Gasteiger partial charge in [0.25, 0.3) is 0 Å². The summed E-state index contributed by atoms with van der Waals surface area (Å²) >= 11 is 1.83. The zero-order valence-electron chi connectivity index (χ0n) is 9.26. The molecule has 2 rings (SSSR count). The second-order valence-electron chi connectivity index (χ2n) is 3.56. The minimum Gasteiger partial charge on any atom is -0.399 e. The zero-order chi connectivity index (χ0) is 11.4. The fraction of sp³-hybridized carbons (Fsp3) is 0.250. The Kier molecular flexibility index (Phi) is 3.51. The molecule has 0 fully saturated rings. The van der Waals surface area contributed by atoms with Crippen LogP contribution in [-0.4, -0.2) is 21.6 Å². The van der Waals surface area contributed by atoms with Crippen LogP contribution in [0.2, 0.25) is 0 Å². The maximum atomic E-state index is 5.77. The first-order valence-corrected chi connectivity index (χ1v) is 6.56. The van der Waals surface area contributed by atoms with Crippen molar-refractivity contribution in [2.75, 3.05) is 17.7 Å². The fourth-order valence-electron chi connectivity index (χ4n) is 1.62. The Balaban J connectivity index is 2.29. The van der Waals surface area contributed by atoms with Crippen molar-refractivity contribution in [1.29, 1.82) is 0 Å². The molecule has 0 spiro atoms. The Morgan fingerprint density at radius 1 is 1.44 bits per heavy atom. The number of anilines is 1. The average molecular weight is 233 g/mol. The van der Waals surface area contributed by atoms with E-state index >= 15 is 0 Å². The Morgan fingerprint density at radius 3 is 3.06 bits per heavy atom. The standard InChI is InChI=1S/C12H15N3S/c1-16-8-7-15-6-5-14-12(15)10-3-2-4-11(13)9-10/h2-6,9H,7-8,13H2,1H3. The highest BCUT2D eigenvalue weighted by Crippen LogP contribution is 2.19. The number of rotatable bonds is 4. The van der Waals surface area contributed by atoms with Gasteiger partial charge in [0, 0.05) is 35.9 Å². The van der Waals surface area contributed by atoms with E-state index in [0.717, 1.165) is 29.4 Å². The SMILES string of the molecule is CSCCn1ccnc1-c1cccc(N)c1. The van der Waals surface area contributed by atoms with Gasteiger partial charge in [-0.1, -0.05) is 12.1 Å². The summed E-state index contributed by atoms with van der Waals surface area (Å²) < 4.78 is 2.16. The Labute approximate surface area is 99.7 Å². The van der Waals surface area contributed by atoms with Crippen LogP contribution in [0, 0.1) is 0 Å². The Morgan fingerprint density at radius 2 is 2.31 bits per heavy atom. The Bertz CT molecular complexity index is 465. The van der Waals surface area contributed by atoms with Gasteiger partial charge in [0.2, 0.25) is 0 Å². The number of hydrogen-bond acceptors (Lipinski definition) is 3. The van der Waals surface area contributed by atoms with Crippen LogP contribution in [0.1, 0.15) is 0 Å². The lowest BCUT2D eigenvalue weighted by atomic mass is 10.2. The first kappa shape index (κ1) is 11.1. The van der Waals surface area contributed by atoms with Gasteiger partial charge in [0.15, 0.2) is 0 Å². The van der Waals surface area contributed by atoms with E-state index in [1.165, 1.54) is 0 Å². The molecule has 0 atom stereocenters. The second kappa shape index (κ2) is 5.07. The van der Waals surface area contributed by atoms with Crippen LogP contribution in [-0.2, 0) is 6.54 Å². The third-order valence-electron chi connectivity index (χ3n) is 2.40. The molecule has 0 bridgehead atoms. The smallest absolute Gasteiger partial charge is 0.139 e. The molecule has 2 N–H and O–H groups in total. The highest BCUT2D eigenvalue weighted by atomic mass is 32.2. The van der Waals surface area contributed by atoms with E-state index in [0.29, 0.717) is 0 Å². The number of imidazole rings is 1. The maximum absolute atomic E-state index is 5.77. The molecule has 84 valence electrons. The monoisotopic (exact) mass is 233 g/mol. The number of nitrogens with two attached hydrogens (primary N) is 1. The minimum atomic E-state index is 0.775. The molecular weight excluding hydrogens is 218 g/mol. The predicted molar refractivity (Wildman–Crippen MR) is 70.5 cm³/mol. The summed E-state index contributed by atoms with van der Waals surface area (Å²) in [6.07, 6.45) is 5.95. The molecule has 3 nitrogen and oxygen atoms in total. The van der Waals surface area contributed by atoms with Crippen molar-refractivity contribution in [3.63, 3.8) is 0 Å². The molecule has 0 saturated heterocycles. The summed E-state index contributed by atoms with van der Waals surface area (Å²) in [6, 6.07) is 7.84. The highest BCUT2D eigenvalue weighted by Gasteiger charge is 2.05. The van der Waals surface area contributed by atoms with Crippen LogP contribution in [0.5, 0.6) is 0 Å². The van der Waals surface area contributed by atoms with Crippen molar-refractivity contribution in [2.24, 2.45) is 0 Å². The summed E-state index contributed by atoms with van der Waals surface area (Å²) in [7, 11) is 0. The summed E-state index contributed by atoms with van der Waals surface area (Å²) in [5, 5.41) is 0. The van der Waals surface area contributed by atoms with Gasteiger partial charge in [-0.15, -0.1) is 0 Å². The molecule has 0 aliphatic rings. The molecule has 16 heavy (non-hydrogen) atoms. The third-order valence-corrected chi connectivity index (χ3v) is 2.99. The van der Waals surface area contributed by atoms with Crippen molar-refractivity contribution >= 4 is 17.4 Å². The van der Waals surface area contributed by atoms with Crippen LogP contribution in [0.25, 0.3) is 11.4 Å². The normalized spacial score (nSPS) is 10.6. The first-order chi connectivity index (χ1) is 7.81.